The van der Waals surface area contributed by atoms with Crippen molar-refractivity contribution >= 4 is 5.97 Å². The zero-order valence-corrected chi connectivity index (χ0v) is 36.9. The first-order chi connectivity index (χ1) is 27.2. The quantitative estimate of drug-likeness (QED) is 0.0381. The number of carbonyl (C=O) groups is 1. The van der Waals surface area contributed by atoms with E-state index in [1.54, 1.807) is 0 Å². The van der Waals surface area contributed by atoms with Gasteiger partial charge < -0.3 is 14.6 Å². The number of allylic oxidation sites excluding steroid dienone is 8. The van der Waals surface area contributed by atoms with Gasteiger partial charge in [0.2, 0.25) is 0 Å². The molecule has 0 amide bonds. The van der Waals surface area contributed by atoms with Crippen molar-refractivity contribution in [2.45, 2.75) is 251 Å². The van der Waals surface area contributed by atoms with Crippen LogP contribution in [0.15, 0.2) is 48.6 Å². The van der Waals surface area contributed by atoms with E-state index in [-0.39, 0.29) is 19.2 Å². The van der Waals surface area contributed by atoms with E-state index in [2.05, 4.69) is 62.5 Å². The molecular weight excluding hydrogens is 677 g/mol. The predicted molar refractivity (Wildman–Crippen MR) is 242 cm³/mol. The molecular formula is C51H94O4. The van der Waals surface area contributed by atoms with Crippen molar-refractivity contribution < 1.29 is 19.4 Å². The van der Waals surface area contributed by atoms with Gasteiger partial charge in [-0.05, 0) is 51.4 Å². The van der Waals surface area contributed by atoms with Crippen LogP contribution < -0.4 is 0 Å². The van der Waals surface area contributed by atoms with E-state index in [0.717, 1.165) is 57.8 Å². The molecule has 55 heavy (non-hydrogen) atoms. The van der Waals surface area contributed by atoms with Crippen LogP contribution in [0.25, 0.3) is 0 Å². The number of hydrogen-bond donors (Lipinski definition) is 1. The molecule has 0 fully saturated rings. The summed E-state index contributed by atoms with van der Waals surface area (Å²) in [5.74, 6) is -0.204. The first kappa shape index (κ1) is 53.4. The number of esters is 1. The van der Waals surface area contributed by atoms with Crippen molar-refractivity contribution in [2.24, 2.45) is 0 Å². The zero-order valence-electron chi connectivity index (χ0n) is 36.9. The van der Waals surface area contributed by atoms with Crippen LogP contribution in [0.1, 0.15) is 245 Å². The highest BCUT2D eigenvalue weighted by Gasteiger charge is 2.13. The highest BCUT2D eigenvalue weighted by Crippen LogP contribution is 2.16. The molecule has 1 atom stereocenters. The molecule has 0 saturated heterocycles. The Bertz CT molecular complexity index is 859. The largest absolute Gasteiger partial charge is 0.457 e. The number of hydrogen-bond acceptors (Lipinski definition) is 4. The Kier molecular flexibility index (Phi) is 47.0. The van der Waals surface area contributed by atoms with Crippen LogP contribution in [0.4, 0.5) is 0 Å². The maximum Gasteiger partial charge on any atom is 0.306 e. The van der Waals surface area contributed by atoms with E-state index in [1.807, 2.05) is 0 Å². The van der Waals surface area contributed by atoms with E-state index >= 15 is 0 Å². The van der Waals surface area contributed by atoms with Crippen LogP contribution in [-0.4, -0.2) is 37.0 Å². The molecule has 0 radical (unpaired) electrons. The Labute approximate surface area is 343 Å². The molecule has 0 rings (SSSR count). The topological polar surface area (TPSA) is 55.8 Å². The molecule has 4 nitrogen and oxygen atoms in total. The smallest absolute Gasteiger partial charge is 0.306 e. The highest BCUT2D eigenvalue weighted by molar-refractivity contribution is 5.69. The zero-order chi connectivity index (χ0) is 39.8. The fourth-order valence-corrected chi connectivity index (χ4v) is 7.09. The van der Waals surface area contributed by atoms with Crippen LogP contribution in [-0.2, 0) is 14.3 Å². The van der Waals surface area contributed by atoms with Gasteiger partial charge in [-0.1, -0.05) is 236 Å². The second kappa shape index (κ2) is 48.5. The van der Waals surface area contributed by atoms with Crippen LogP contribution >= 0.6 is 0 Å². The minimum atomic E-state index is -0.544. The molecule has 0 heterocycles. The van der Waals surface area contributed by atoms with Crippen molar-refractivity contribution in [1.82, 2.24) is 0 Å². The number of aliphatic hydroxyl groups excluding tert-OH is 1. The van der Waals surface area contributed by atoms with Crippen molar-refractivity contribution in [1.29, 1.82) is 0 Å². The Morgan fingerprint density at radius 1 is 0.455 bits per heavy atom. The lowest BCUT2D eigenvalue weighted by Gasteiger charge is -2.15. The molecule has 0 aromatic rings. The van der Waals surface area contributed by atoms with Crippen molar-refractivity contribution in [3.8, 4) is 0 Å². The average Bonchev–Trinajstić information content (AvgIpc) is 3.19. The van der Waals surface area contributed by atoms with Gasteiger partial charge in [-0.25, -0.2) is 0 Å². The number of rotatable bonds is 45. The summed E-state index contributed by atoms with van der Waals surface area (Å²) in [4.78, 5) is 12.3. The number of unbranched alkanes of at least 4 members (excludes halogenated alkanes) is 29. The fourth-order valence-electron chi connectivity index (χ4n) is 7.09. The van der Waals surface area contributed by atoms with Crippen LogP contribution in [0.2, 0.25) is 0 Å². The molecule has 0 bridgehead atoms. The van der Waals surface area contributed by atoms with E-state index in [1.165, 1.54) is 167 Å². The Balaban J connectivity index is 3.40. The van der Waals surface area contributed by atoms with Gasteiger partial charge in [0.1, 0.15) is 6.10 Å². The van der Waals surface area contributed by atoms with Gasteiger partial charge in [-0.15, -0.1) is 0 Å². The van der Waals surface area contributed by atoms with Crippen molar-refractivity contribution in [3.63, 3.8) is 0 Å². The van der Waals surface area contributed by atoms with E-state index < -0.39 is 6.10 Å². The molecule has 1 unspecified atom stereocenters. The van der Waals surface area contributed by atoms with Gasteiger partial charge in [-0.2, -0.15) is 0 Å². The predicted octanol–water partition coefficient (Wildman–Crippen LogP) is 16.2. The molecule has 0 aliphatic rings. The lowest BCUT2D eigenvalue weighted by molar-refractivity contribution is -0.154. The summed E-state index contributed by atoms with van der Waals surface area (Å²) in [7, 11) is 0. The lowest BCUT2D eigenvalue weighted by Crippen LogP contribution is -2.27. The monoisotopic (exact) mass is 771 g/mol. The molecule has 322 valence electrons. The van der Waals surface area contributed by atoms with Gasteiger partial charge in [-0.3, -0.25) is 4.79 Å². The van der Waals surface area contributed by atoms with Gasteiger partial charge in [0, 0.05) is 13.0 Å². The van der Waals surface area contributed by atoms with Crippen LogP contribution in [0.3, 0.4) is 0 Å². The summed E-state index contributed by atoms with van der Waals surface area (Å²) < 4.78 is 11.2. The third-order valence-corrected chi connectivity index (χ3v) is 10.7. The van der Waals surface area contributed by atoms with E-state index in [9.17, 15) is 9.90 Å². The number of carbonyl (C=O) groups excluding carboxylic acids is 1. The van der Waals surface area contributed by atoms with Gasteiger partial charge in [0.05, 0.1) is 13.2 Å². The van der Waals surface area contributed by atoms with Crippen molar-refractivity contribution in [3.05, 3.63) is 48.6 Å². The molecule has 0 aliphatic carbocycles. The minimum absolute atomic E-state index is 0.178. The van der Waals surface area contributed by atoms with Crippen LogP contribution in [0, 0.1) is 0 Å². The van der Waals surface area contributed by atoms with Gasteiger partial charge in [0.15, 0.2) is 0 Å². The first-order valence-corrected chi connectivity index (χ1v) is 24.2. The Hall–Kier alpha value is -1.65. The third kappa shape index (κ3) is 46.6. The second-order valence-corrected chi connectivity index (χ2v) is 16.2. The van der Waals surface area contributed by atoms with Crippen LogP contribution in [0.5, 0.6) is 0 Å². The van der Waals surface area contributed by atoms with Gasteiger partial charge >= 0.3 is 5.97 Å². The number of ether oxygens (including phenoxy) is 2. The summed E-state index contributed by atoms with van der Waals surface area (Å²) in [6, 6.07) is 0. The second-order valence-electron chi connectivity index (χ2n) is 16.2. The maximum absolute atomic E-state index is 12.3. The fraction of sp³-hybridized carbons (Fsp3) is 0.824. The van der Waals surface area contributed by atoms with E-state index in [0.29, 0.717) is 13.0 Å². The summed E-state index contributed by atoms with van der Waals surface area (Å²) in [5, 5.41) is 9.63. The number of aliphatic hydroxyl groups is 1. The summed E-state index contributed by atoms with van der Waals surface area (Å²) in [5.41, 5.74) is 0. The standard InChI is InChI=1S/C51H94O4/c1-3-5-7-9-11-13-15-17-19-21-23-24-25-26-27-28-29-30-32-34-36-38-40-42-44-46-51(53)55-50(48-52)49-54-47-45-43-41-39-37-35-33-31-22-20-18-16-14-12-10-8-6-4-2/h6,8,12,14,18,20,31,33,50,52H,3-5,7,9-11,13,15-17,19,21-30,32,34-49H2,1-2H3/b8-6-,14-12-,20-18-,33-31-. The van der Waals surface area contributed by atoms with Crippen molar-refractivity contribution in [2.75, 3.05) is 19.8 Å². The molecule has 0 aromatic heterocycles. The first-order valence-electron chi connectivity index (χ1n) is 24.2. The minimum Gasteiger partial charge on any atom is -0.457 e. The highest BCUT2D eigenvalue weighted by atomic mass is 16.6. The third-order valence-electron chi connectivity index (χ3n) is 10.7. The summed E-state index contributed by atoms with van der Waals surface area (Å²) in [6.45, 7) is 5.22. The normalized spacial score (nSPS) is 12.7. The molecule has 1 N–H and O–H groups in total. The molecule has 0 aliphatic heterocycles. The Morgan fingerprint density at radius 3 is 1.24 bits per heavy atom. The Morgan fingerprint density at radius 2 is 0.818 bits per heavy atom. The summed E-state index contributed by atoms with van der Waals surface area (Å²) in [6.07, 6.45) is 63.4. The molecule has 0 spiro atoms. The SMILES string of the molecule is CC/C=C\C/C=C\C/C=C\C/C=C\CCCCCCCOCC(CO)OC(=O)CCCCCCCCCCCCCCCCCCCCCCCCCCC. The average molecular weight is 771 g/mol. The molecule has 0 aromatic carbocycles. The summed E-state index contributed by atoms with van der Waals surface area (Å²) >= 11 is 0. The maximum atomic E-state index is 12.3. The van der Waals surface area contributed by atoms with E-state index in [4.69, 9.17) is 9.47 Å². The van der Waals surface area contributed by atoms with Gasteiger partial charge in [0.25, 0.3) is 0 Å². The lowest BCUT2D eigenvalue weighted by atomic mass is 10.0. The molecule has 4 heteroatoms. The molecule has 0 saturated carbocycles.